The minimum absolute atomic E-state index is 0.493. The van der Waals surface area contributed by atoms with Gasteiger partial charge in [0.15, 0.2) is 0 Å². The van der Waals surface area contributed by atoms with E-state index in [1.165, 1.54) is 0 Å². The summed E-state index contributed by atoms with van der Waals surface area (Å²) in [5.41, 5.74) is 3.50. The van der Waals surface area contributed by atoms with Crippen LogP contribution in [-0.2, 0) is 6.61 Å². The topological polar surface area (TPSA) is 42.2 Å². The van der Waals surface area contributed by atoms with E-state index in [-0.39, 0.29) is 0 Å². The fraction of sp³-hybridized carbons (Fsp3) is 0.0952. The third-order valence-electron chi connectivity index (χ3n) is 3.71. The van der Waals surface area contributed by atoms with Gasteiger partial charge >= 0.3 is 0 Å². The van der Waals surface area contributed by atoms with Crippen molar-refractivity contribution in [2.24, 2.45) is 0 Å². The van der Waals surface area contributed by atoms with Gasteiger partial charge in [0.05, 0.1) is 18.7 Å². The highest BCUT2D eigenvalue weighted by Gasteiger charge is 2.09. The Morgan fingerprint density at radius 3 is 2.42 bits per heavy atom. The number of nitrogens with zero attached hydrogens (tertiary/aromatic N) is 1. The first kappa shape index (κ1) is 15.6. The second kappa shape index (κ2) is 7.34. The molecule has 0 fully saturated rings. The van der Waals surface area contributed by atoms with Gasteiger partial charge in [0.2, 0.25) is 0 Å². The molecule has 0 unspecified atom stereocenters. The van der Waals surface area contributed by atoms with E-state index in [0.717, 1.165) is 22.4 Å². The van der Waals surface area contributed by atoms with E-state index in [2.05, 4.69) is 6.07 Å². The van der Waals surface area contributed by atoms with E-state index in [9.17, 15) is 5.26 Å². The fourth-order valence-corrected chi connectivity index (χ4v) is 2.50. The zero-order chi connectivity index (χ0) is 16.8. The first-order valence-corrected chi connectivity index (χ1v) is 7.65. The normalized spacial score (nSPS) is 10.0. The Morgan fingerprint density at radius 2 is 1.67 bits per heavy atom. The highest BCUT2D eigenvalue weighted by Crippen LogP contribution is 2.33. The van der Waals surface area contributed by atoms with E-state index in [4.69, 9.17) is 9.47 Å². The smallest absolute Gasteiger partial charge is 0.127 e. The second-order valence-corrected chi connectivity index (χ2v) is 5.33. The van der Waals surface area contributed by atoms with E-state index in [1.807, 2.05) is 66.7 Å². The molecule has 3 nitrogen and oxygen atoms in total. The van der Waals surface area contributed by atoms with Gasteiger partial charge in [0.25, 0.3) is 0 Å². The number of benzene rings is 3. The Bertz CT molecular complexity index is 867. The standard InChI is InChI=1S/C21H17NO2/c1-23-19-12-17(14-22)11-18(13-19)20-9-5-6-10-21(20)24-15-16-7-3-2-4-8-16/h2-13H,15H2,1H3. The quantitative estimate of drug-likeness (QED) is 0.678. The summed E-state index contributed by atoms with van der Waals surface area (Å²) < 4.78 is 11.3. The SMILES string of the molecule is COc1cc(C#N)cc(-c2ccccc2OCc2ccccc2)c1. The predicted molar refractivity (Wildman–Crippen MR) is 93.9 cm³/mol. The number of methoxy groups -OCH3 is 1. The number of ether oxygens (including phenoxy) is 2. The molecular formula is C21H17NO2. The maximum atomic E-state index is 9.21. The van der Waals surface area contributed by atoms with Crippen molar-refractivity contribution in [3.63, 3.8) is 0 Å². The summed E-state index contributed by atoms with van der Waals surface area (Å²) in [4.78, 5) is 0. The first-order chi connectivity index (χ1) is 11.8. The Balaban J connectivity index is 1.93. The molecule has 0 aliphatic heterocycles. The molecule has 0 amide bonds. The molecule has 0 N–H and O–H groups in total. The van der Waals surface area contributed by atoms with Crippen molar-refractivity contribution in [1.29, 1.82) is 5.26 Å². The van der Waals surface area contributed by atoms with Crippen LogP contribution in [-0.4, -0.2) is 7.11 Å². The van der Waals surface area contributed by atoms with Crippen LogP contribution in [0.3, 0.4) is 0 Å². The lowest BCUT2D eigenvalue weighted by Crippen LogP contribution is -1.97. The van der Waals surface area contributed by atoms with Crippen LogP contribution in [0.1, 0.15) is 11.1 Å². The molecular weight excluding hydrogens is 298 g/mol. The Kier molecular flexibility index (Phi) is 4.78. The van der Waals surface area contributed by atoms with Crippen molar-refractivity contribution in [1.82, 2.24) is 0 Å². The summed E-state index contributed by atoms with van der Waals surface area (Å²) in [7, 11) is 1.60. The molecule has 118 valence electrons. The number of nitriles is 1. The molecule has 3 rings (SSSR count). The van der Waals surface area contributed by atoms with Crippen LogP contribution in [0, 0.1) is 11.3 Å². The van der Waals surface area contributed by atoms with E-state index in [1.54, 1.807) is 13.2 Å². The van der Waals surface area contributed by atoms with Gasteiger partial charge in [-0.3, -0.25) is 0 Å². The van der Waals surface area contributed by atoms with Crippen LogP contribution in [0.25, 0.3) is 11.1 Å². The highest BCUT2D eigenvalue weighted by molar-refractivity contribution is 5.73. The van der Waals surface area contributed by atoms with E-state index in [0.29, 0.717) is 17.9 Å². The second-order valence-electron chi connectivity index (χ2n) is 5.33. The maximum Gasteiger partial charge on any atom is 0.127 e. The molecule has 0 atom stereocenters. The van der Waals surface area contributed by atoms with Gasteiger partial charge in [-0.1, -0.05) is 48.5 Å². The van der Waals surface area contributed by atoms with Crippen LogP contribution in [0.2, 0.25) is 0 Å². The zero-order valence-electron chi connectivity index (χ0n) is 13.4. The average Bonchev–Trinajstić information content (AvgIpc) is 2.67. The lowest BCUT2D eigenvalue weighted by Gasteiger charge is -2.13. The summed E-state index contributed by atoms with van der Waals surface area (Å²) in [6.45, 7) is 0.493. The van der Waals surface area contributed by atoms with Gasteiger partial charge < -0.3 is 9.47 Å². The molecule has 3 aromatic carbocycles. The van der Waals surface area contributed by atoms with Crippen molar-refractivity contribution in [3.8, 4) is 28.7 Å². The summed E-state index contributed by atoms with van der Waals surface area (Å²) in [6.07, 6.45) is 0. The average molecular weight is 315 g/mol. The predicted octanol–water partition coefficient (Wildman–Crippen LogP) is 4.81. The summed E-state index contributed by atoms with van der Waals surface area (Å²) in [6, 6.07) is 25.5. The third-order valence-corrected chi connectivity index (χ3v) is 3.71. The molecule has 0 heterocycles. The van der Waals surface area contributed by atoms with Gasteiger partial charge in [-0.05, 0) is 35.4 Å². The summed E-state index contributed by atoms with van der Waals surface area (Å²) in [5, 5.41) is 9.21. The van der Waals surface area contributed by atoms with E-state index >= 15 is 0 Å². The monoisotopic (exact) mass is 315 g/mol. The molecule has 0 aliphatic rings. The Hall–Kier alpha value is -3.25. The summed E-state index contributed by atoms with van der Waals surface area (Å²) in [5.74, 6) is 1.43. The van der Waals surface area contributed by atoms with Crippen molar-refractivity contribution < 1.29 is 9.47 Å². The molecule has 0 aromatic heterocycles. The summed E-state index contributed by atoms with van der Waals surface area (Å²) >= 11 is 0. The molecule has 0 saturated heterocycles. The van der Waals surface area contributed by atoms with Gasteiger partial charge in [0.1, 0.15) is 18.1 Å². The molecule has 0 saturated carbocycles. The zero-order valence-corrected chi connectivity index (χ0v) is 13.4. The maximum absolute atomic E-state index is 9.21. The Labute approximate surface area is 141 Å². The molecule has 0 bridgehead atoms. The first-order valence-electron chi connectivity index (χ1n) is 7.65. The molecule has 0 aliphatic carbocycles. The van der Waals surface area contributed by atoms with Crippen LogP contribution in [0.5, 0.6) is 11.5 Å². The minimum Gasteiger partial charge on any atom is -0.497 e. The van der Waals surface area contributed by atoms with Crippen molar-refractivity contribution in [2.45, 2.75) is 6.61 Å². The van der Waals surface area contributed by atoms with Crippen molar-refractivity contribution in [2.75, 3.05) is 7.11 Å². The number of rotatable bonds is 5. The molecule has 3 heteroatoms. The fourth-order valence-electron chi connectivity index (χ4n) is 2.50. The molecule has 3 aromatic rings. The third kappa shape index (κ3) is 3.56. The molecule has 0 radical (unpaired) electrons. The van der Waals surface area contributed by atoms with Gasteiger partial charge in [-0.2, -0.15) is 5.26 Å². The van der Waals surface area contributed by atoms with E-state index < -0.39 is 0 Å². The van der Waals surface area contributed by atoms with Gasteiger partial charge in [0, 0.05) is 5.56 Å². The largest absolute Gasteiger partial charge is 0.497 e. The van der Waals surface area contributed by atoms with Crippen LogP contribution >= 0.6 is 0 Å². The van der Waals surface area contributed by atoms with Crippen molar-refractivity contribution in [3.05, 3.63) is 83.9 Å². The minimum atomic E-state index is 0.493. The van der Waals surface area contributed by atoms with Crippen molar-refractivity contribution >= 4 is 0 Å². The lowest BCUT2D eigenvalue weighted by atomic mass is 10.0. The van der Waals surface area contributed by atoms with Gasteiger partial charge in [-0.15, -0.1) is 0 Å². The highest BCUT2D eigenvalue weighted by atomic mass is 16.5. The lowest BCUT2D eigenvalue weighted by molar-refractivity contribution is 0.307. The van der Waals surface area contributed by atoms with Gasteiger partial charge in [-0.25, -0.2) is 0 Å². The molecule has 24 heavy (non-hydrogen) atoms. The number of para-hydroxylation sites is 1. The molecule has 0 spiro atoms. The number of hydrogen-bond donors (Lipinski definition) is 0. The number of hydrogen-bond acceptors (Lipinski definition) is 3. The van der Waals surface area contributed by atoms with Crippen LogP contribution in [0.15, 0.2) is 72.8 Å². The Morgan fingerprint density at radius 1 is 0.917 bits per heavy atom. The van der Waals surface area contributed by atoms with Crippen LogP contribution < -0.4 is 9.47 Å². The van der Waals surface area contributed by atoms with Crippen LogP contribution in [0.4, 0.5) is 0 Å².